The normalized spacial score (nSPS) is 14.6. The van der Waals surface area contributed by atoms with Crippen LogP contribution in [0.2, 0.25) is 0 Å². The number of urea groups is 1. The van der Waals surface area contributed by atoms with Gasteiger partial charge in [0, 0.05) is 24.2 Å². The van der Waals surface area contributed by atoms with E-state index >= 15 is 0 Å². The third-order valence-electron chi connectivity index (χ3n) is 5.29. The molecule has 0 aliphatic carbocycles. The summed E-state index contributed by atoms with van der Waals surface area (Å²) in [4.78, 5) is 25.1. The topological polar surface area (TPSA) is 150 Å². The Morgan fingerprint density at radius 2 is 1.91 bits per heavy atom. The van der Waals surface area contributed by atoms with Gasteiger partial charge in [-0.15, -0.1) is 4.91 Å². The predicted molar refractivity (Wildman–Crippen MR) is 120 cm³/mol. The highest BCUT2D eigenvalue weighted by atomic mass is 16.5. The highest BCUT2D eigenvalue weighted by Crippen LogP contribution is 2.43. The largest absolute Gasteiger partial charge is 0.508 e. The molecule has 0 spiro atoms. The van der Waals surface area contributed by atoms with Crippen LogP contribution < -0.4 is 15.4 Å². The molecule has 2 heterocycles. The molecular formula is C22H23N5O6. The summed E-state index contributed by atoms with van der Waals surface area (Å²) in [6, 6.07) is 9.49. The number of hydrogen-bond acceptors (Lipinski definition) is 9. The Morgan fingerprint density at radius 3 is 2.61 bits per heavy atom. The number of hydrogen-bond donors (Lipinski definition) is 4. The maximum Gasteiger partial charge on any atom is 0.320 e. The molecule has 11 heteroatoms. The van der Waals surface area contributed by atoms with Crippen LogP contribution in [0.1, 0.15) is 12.8 Å². The molecule has 0 bridgehead atoms. The van der Waals surface area contributed by atoms with E-state index in [4.69, 9.17) is 9.26 Å². The van der Waals surface area contributed by atoms with Crippen molar-refractivity contribution in [3.05, 3.63) is 47.4 Å². The van der Waals surface area contributed by atoms with Crippen LogP contribution in [-0.2, 0) is 0 Å². The maximum atomic E-state index is 12.3. The van der Waals surface area contributed by atoms with E-state index in [0.29, 0.717) is 5.75 Å². The van der Waals surface area contributed by atoms with Crippen molar-refractivity contribution in [1.82, 2.24) is 15.4 Å². The van der Waals surface area contributed by atoms with Gasteiger partial charge >= 0.3 is 6.03 Å². The summed E-state index contributed by atoms with van der Waals surface area (Å²) in [5.41, 5.74) is 0.354. The van der Waals surface area contributed by atoms with Crippen molar-refractivity contribution < 1.29 is 24.3 Å². The van der Waals surface area contributed by atoms with Gasteiger partial charge in [0.25, 0.3) is 0 Å². The lowest BCUT2D eigenvalue weighted by molar-refractivity contribution is 0.221. The number of anilines is 1. The Balaban J connectivity index is 1.50. The van der Waals surface area contributed by atoms with Crippen LogP contribution in [0.25, 0.3) is 11.3 Å². The van der Waals surface area contributed by atoms with E-state index in [0.717, 1.165) is 32.0 Å². The van der Waals surface area contributed by atoms with Crippen molar-refractivity contribution in [2.24, 2.45) is 5.18 Å². The summed E-state index contributed by atoms with van der Waals surface area (Å²) >= 11 is 0. The number of amides is 2. The number of nitrogens with zero attached hydrogens (tertiary/aromatic N) is 3. The fourth-order valence-electron chi connectivity index (χ4n) is 3.56. The molecule has 1 aromatic heterocycles. The van der Waals surface area contributed by atoms with Gasteiger partial charge in [0.15, 0.2) is 11.6 Å². The van der Waals surface area contributed by atoms with Crippen LogP contribution in [-0.4, -0.2) is 52.5 Å². The van der Waals surface area contributed by atoms with Crippen molar-refractivity contribution in [3.63, 3.8) is 0 Å². The van der Waals surface area contributed by atoms with E-state index in [1.54, 1.807) is 0 Å². The molecule has 2 amide bonds. The molecule has 1 saturated heterocycles. The molecule has 4 N–H and O–H groups in total. The number of likely N-dealkylation sites (tertiary alicyclic amines) is 1. The molecular weight excluding hydrogens is 430 g/mol. The SMILES string of the molecule is CN1CCC(NC(=O)Nc2cc(-c3c(O)cc(O)cc3Oc3ccc(N=O)cc3)on2)CC1. The van der Waals surface area contributed by atoms with Crippen LogP contribution in [0.5, 0.6) is 23.0 Å². The molecule has 1 aliphatic heterocycles. The van der Waals surface area contributed by atoms with Crippen LogP contribution in [0.15, 0.2) is 52.2 Å². The monoisotopic (exact) mass is 453 g/mol. The van der Waals surface area contributed by atoms with Crippen molar-refractivity contribution in [3.8, 4) is 34.3 Å². The number of nitrogens with one attached hydrogen (secondary N) is 2. The zero-order chi connectivity index (χ0) is 23.4. The van der Waals surface area contributed by atoms with Crippen LogP contribution in [0.3, 0.4) is 0 Å². The Hall–Kier alpha value is -4.12. The first-order valence-electron chi connectivity index (χ1n) is 10.3. The number of phenolic OH excluding ortho intramolecular Hbond substituents is 2. The number of piperidine rings is 1. The average Bonchev–Trinajstić information content (AvgIpc) is 3.23. The van der Waals surface area contributed by atoms with E-state index < -0.39 is 6.03 Å². The van der Waals surface area contributed by atoms with Crippen molar-refractivity contribution in [1.29, 1.82) is 0 Å². The lowest BCUT2D eigenvalue weighted by Gasteiger charge is -2.29. The summed E-state index contributed by atoms with van der Waals surface area (Å²) in [5, 5.41) is 32.5. The van der Waals surface area contributed by atoms with Gasteiger partial charge in [-0.1, -0.05) is 5.16 Å². The first-order chi connectivity index (χ1) is 15.9. The Labute approximate surface area is 188 Å². The van der Waals surface area contributed by atoms with E-state index in [-0.39, 0.29) is 46.1 Å². The number of carbonyl (C=O) groups excluding carboxylic acids is 1. The molecule has 0 atom stereocenters. The molecule has 2 aromatic carbocycles. The zero-order valence-corrected chi connectivity index (χ0v) is 17.8. The van der Waals surface area contributed by atoms with Crippen molar-refractivity contribution >= 4 is 17.5 Å². The summed E-state index contributed by atoms with van der Waals surface area (Å²) in [6.07, 6.45) is 1.72. The fourth-order valence-corrected chi connectivity index (χ4v) is 3.56. The molecule has 172 valence electrons. The smallest absolute Gasteiger partial charge is 0.320 e. The molecule has 1 aliphatic rings. The molecule has 0 saturated carbocycles. The molecule has 0 radical (unpaired) electrons. The molecule has 3 aromatic rings. The molecule has 33 heavy (non-hydrogen) atoms. The van der Waals surface area contributed by atoms with Gasteiger partial charge in [0.05, 0.1) is 0 Å². The van der Waals surface area contributed by atoms with Crippen molar-refractivity contribution in [2.45, 2.75) is 18.9 Å². The quantitative estimate of drug-likeness (QED) is 0.406. The first-order valence-corrected chi connectivity index (χ1v) is 10.3. The Morgan fingerprint density at radius 1 is 1.18 bits per heavy atom. The van der Waals surface area contributed by atoms with Gasteiger partial charge in [-0.05, 0) is 62.4 Å². The van der Waals surface area contributed by atoms with Gasteiger partial charge < -0.3 is 29.7 Å². The summed E-state index contributed by atoms with van der Waals surface area (Å²) < 4.78 is 11.1. The number of rotatable bonds is 6. The molecule has 11 nitrogen and oxygen atoms in total. The number of phenols is 2. The second-order valence-corrected chi connectivity index (χ2v) is 7.78. The van der Waals surface area contributed by atoms with E-state index in [2.05, 4.69) is 25.9 Å². The minimum atomic E-state index is -0.403. The Bertz CT molecular complexity index is 1140. The maximum absolute atomic E-state index is 12.3. The van der Waals surface area contributed by atoms with Gasteiger partial charge in [0.1, 0.15) is 34.2 Å². The average molecular weight is 453 g/mol. The second-order valence-electron chi connectivity index (χ2n) is 7.78. The minimum absolute atomic E-state index is 0.0783. The second kappa shape index (κ2) is 9.57. The van der Waals surface area contributed by atoms with E-state index in [9.17, 15) is 19.9 Å². The van der Waals surface area contributed by atoms with E-state index in [1.807, 2.05) is 7.05 Å². The molecule has 1 fully saturated rings. The van der Waals surface area contributed by atoms with Crippen LogP contribution >= 0.6 is 0 Å². The van der Waals surface area contributed by atoms with E-state index in [1.165, 1.54) is 36.4 Å². The van der Waals surface area contributed by atoms with Gasteiger partial charge in [0.2, 0.25) is 0 Å². The Kier molecular flexibility index (Phi) is 6.41. The molecule has 4 rings (SSSR count). The predicted octanol–water partition coefficient (Wildman–Crippen LogP) is 4.16. The third-order valence-corrected chi connectivity index (χ3v) is 5.29. The van der Waals surface area contributed by atoms with Gasteiger partial charge in [-0.3, -0.25) is 5.32 Å². The number of nitroso groups, excluding NO2 is 1. The summed E-state index contributed by atoms with van der Waals surface area (Å²) in [6.45, 7) is 1.83. The van der Waals surface area contributed by atoms with Gasteiger partial charge in [-0.25, -0.2) is 4.79 Å². The molecule has 0 unspecified atom stereocenters. The summed E-state index contributed by atoms with van der Waals surface area (Å²) in [7, 11) is 2.04. The number of aromatic nitrogens is 1. The fraction of sp³-hybridized carbons (Fsp3) is 0.273. The highest BCUT2D eigenvalue weighted by Gasteiger charge is 2.22. The standard InChI is InChI=1S/C22H23N5O6/c1-27-8-6-13(7-9-27)23-22(30)24-20-12-19(33-26-20)21-17(29)10-15(28)11-18(21)32-16-4-2-14(25-31)3-5-16/h2-5,10-13,28-29H,6-9H2,1H3,(H2,23,24,26,30). The lowest BCUT2D eigenvalue weighted by Crippen LogP contribution is -2.44. The van der Waals surface area contributed by atoms with Gasteiger partial charge in [-0.2, -0.15) is 0 Å². The minimum Gasteiger partial charge on any atom is -0.508 e. The number of carbonyl (C=O) groups is 1. The van der Waals surface area contributed by atoms with Crippen LogP contribution in [0, 0.1) is 4.91 Å². The highest BCUT2D eigenvalue weighted by molar-refractivity contribution is 5.89. The van der Waals surface area contributed by atoms with Crippen LogP contribution in [0.4, 0.5) is 16.3 Å². The third kappa shape index (κ3) is 5.39. The first kappa shape index (κ1) is 22.1. The number of aromatic hydroxyl groups is 2. The van der Waals surface area contributed by atoms with Crippen molar-refractivity contribution in [2.75, 3.05) is 25.5 Å². The lowest BCUT2D eigenvalue weighted by atomic mass is 10.1. The summed E-state index contributed by atoms with van der Waals surface area (Å²) in [5.74, 6) is 0.141. The number of benzene rings is 2. The number of ether oxygens (including phenoxy) is 1. The zero-order valence-electron chi connectivity index (χ0n) is 17.8.